The summed E-state index contributed by atoms with van der Waals surface area (Å²) in [6.45, 7) is 15.7. The van der Waals surface area contributed by atoms with Crippen LogP contribution < -0.4 is 18.9 Å². The molecule has 0 N–H and O–H groups in total. The Hall–Kier alpha value is -4.31. The Kier molecular flexibility index (Phi) is 12.3. The highest BCUT2D eigenvalue weighted by molar-refractivity contribution is 14.1. The van der Waals surface area contributed by atoms with E-state index in [4.69, 9.17) is 33.2 Å². The fraction of sp³-hybridized carbons (Fsp3) is 0.356. The molecule has 0 saturated carbocycles. The fourth-order valence-corrected chi connectivity index (χ4v) is 8.71. The Morgan fingerprint density at radius 1 is 0.544 bits per heavy atom. The van der Waals surface area contributed by atoms with Crippen molar-refractivity contribution >= 4 is 84.6 Å². The highest BCUT2D eigenvalue weighted by Crippen LogP contribution is 2.53. The van der Waals surface area contributed by atoms with Gasteiger partial charge in [-0.05, 0) is 183 Å². The number of benzene rings is 5. The number of hydrogen-bond donors (Lipinski definition) is 0. The first-order valence-corrected chi connectivity index (χ1v) is 20.6. The number of esters is 3. The lowest BCUT2D eigenvalue weighted by atomic mass is 9.78. The highest BCUT2D eigenvalue weighted by Gasteiger charge is 2.34. The van der Waals surface area contributed by atoms with E-state index in [0.29, 0.717) is 28.7 Å². The van der Waals surface area contributed by atoms with E-state index in [1.54, 1.807) is 0 Å². The average Bonchev–Trinajstić information content (AvgIpc) is 3.09. The molecule has 0 fully saturated rings. The maximum absolute atomic E-state index is 12.6. The summed E-state index contributed by atoms with van der Waals surface area (Å²) in [6, 6.07) is 23.5. The van der Waals surface area contributed by atoms with E-state index in [-0.39, 0.29) is 25.7 Å². The summed E-state index contributed by atoms with van der Waals surface area (Å²) in [5.41, 5.74) is 1.01. The largest absolute Gasteiger partial charge is 0.482 e. The van der Waals surface area contributed by atoms with Gasteiger partial charge in [-0.3, -0.25) is 0 Å². The third-order valence-electron chi connectivity index (χ3n) is 8.44. The van der Waals surface area contributed by atoms with E-state index in [9.17, 15) is 14.4 Å². The number of hydrogen-bond acceptors (Lipinski definition) is 10. The van der Waals surface area contributed by atoms with Gasteiger partial charge in [0, 0.05) is 17.0 Å². The molecule has 57 heavy (non-hydrogen) atoms. The Bertz CT molecular complexity index is 2220. The van der Waals surface area contributed by atoms with Gasteiger partial charge in [0.1, 0.15) is 45.6 Å². The van der Waals surface area contributed by atoms with Crippen LogP contribution in [0.25, 0.3) is 21.5 Å². The molecule has 12 heteroatoms. The topological polar surface area (TPSA) is 116 Å². The zero-order valence-electron chi connectivity index (χ0n) is 33.5. The molecule has 6 rings (SSSR count). The molecule has 1 heterocycles. The van der Waals surface area contributed by atoms with Crippen molar-refractivity contribution in [1.82, 2.24) is 0 Å². The Morgan fingerprint density at radius 2 is 0.930 bits per heavy atom. The minimum atomic E-state index is -0.629. The van der Waals surface area contributed by atoms with Crippen molar-refractivity contribution in [2.75, 3.05) is 19.8 Å². The van der Waals surface area contributed by atoms with Crippen molar-refractivity contribution in [2.45, 2.75) is 85.0 Å². The van der Waals surface area contributed by atoms with Crippen LogP contribution >= 0.6 is 45.2 Å². The Morgan fingerprint density at radius 3 is 1.32 bits per heavy atom. The van der Waals surface area contributed by atoms with Crippen LogP contribution in [0.5, 0.6) is 28.7 Å². The lowest BCUT2D eigenvalue weighted by Crippen LogP contribution is -2.27. The quantitative estimate of drug-likeness (QED) is 0.0746. The van der Waals surface area contributed by atoms with Crippen LogP contribution in [0, 0.1) is 7.14 Å². The van der Waals surface area contributed by atoms with Crippen molar-refractivity contribution in [2.24, 2.45) is 0 Å². The summed E-state index contributed by atoms with van der Waals surface area (Å²) in [5.74, 6) is 1.38. The van der Waals surface area contributed by atoms with Crippen molar-refractivity contribution < 1.29 is 47.5 Å². The minimum absolute atomic E-state index is 0.221. The maximum atomic E-state index is 12.6. The second kappa shape index (κ2) is 16.5. The molecule has 0 atom stereocenters. The van der Waals surface area contributed by atoms with Crippen LogP contribution in [-0.2, 0) is 28.6 Å². The van der Waals surface area contributed by atoms with Gasteiger partial charge in [-0.25, -0.2) is 14.4 Å². The van der Waals surface area contributed by atoms with Gasteiger partial charge in [0.15, 0.2) is 19.8 Å². The van der Waals surface area contributed by atoms with Crippen LogP contribution in [0.3, 0.4) is 0 Å². The number of fused-ring (bicyclic) bond motifs is 6. The van der Waals surface area contributed by atoms with E-state index in [1.165, 1.54) is 0 Å². The molecule has 0 bridgehead atoms. The van der Waals surface area contributed by atoms with Crippen LogP contribution in [-0.4, -0.2) is 54.5 Å². The molecule has 0 aliphatic carbocycles. The summed E-state index contributed by atoms with van der Waals surface area (Å²) >= 11 is 4.50. The van der Waals surface area contributed by atoms with Gasteiger partial charge in [-0.15, -0.1) is 0 Å². The predicted molar refractivity (Wildman–Crippen MR) is 235 cm³/mol. The Labute approximate surface area is 360 Å². The molecule has 0 saturated heterocycles. The molecule has 5 aromatic carbocycles. The van der Waals surface area contributed by atoms with Crippen molar-refractivity contribution in [3.63, 3.8) is 0 Å². The first-order valence-electron chi connectivity index (χ1n) is 18.5. The minimum Gasteiger partial charge on any atom is -0.482 e. The average molecular weight is 1000 g/mol. The second-order valence-electron chi connectivity index (χ2n) is 16.7. The van der Waals surface area contributed by atoms with Crippen molar-refractivity contribution in [1.29, 1.82) is 0 Å². The van der Waals surface area contributed by atoms with E-state index in [1.807, 2.05) is 123 Å². The monoisotopic (exact) mass is 1000 g/mol. The molecule has 0 amide bonds. The lowest BCUT2D eigenvalue weighted by Gasteiger charge is -2.32. The number of carbonyl (C=O) groups excluding carboxylic acids is 3. The predicted octanol–water partition coefficient (Wildman–Crippen LogP) is 10.6. The van der Waals surface area contributed by atoms with Crippen LogP contribution in [0.2, 0.25) is 0 Å². The summed E-state index contributed by atoms with van der Waals surface area (Å²) in [4.78, 5) is 37.4. The van der Waals surface area contributed by atoms with Gasteiger partial charge < -0.3 is 33.2 Å². The van der Waals surface area contributed by atoms with Gasteiger partial charge in [0.2, 0.25) is 0 Å². The van der Waals surface area contributed by atoms with Crippen LogP contribution in [0.15, 0.2) is 72.8 Å². The summed E-state index contributed by atoms with van der Waals surface area (Å²) < 4.78 is 42.5. The molecular weight excluding hydrogens is 954 g/mol. The molecular formula is C45H46I2O10. The van der Waals surface area contributed by atoms with Gasteiger partial charge in [0.05, 0.1) is 7.14 Å². The molecule has 300 valence electrons. The van der Waals surface area contributed by atoms with Gasteiger partial charge in [-0.1, -0.05) is 24.3 Å². The third kappa shape index (κ3) is 10.6. The van der Waals surface area contributed by atoms with Gasteiger partial charge in [-0.2, -0.15) is 0 Å². The zero-order chi connectivity index (χ0) is 41.4. The van der Waals surface area contributed by atoms with E-state index in [0.717, 1.165) is 45.4 Å². The number of ether oxygens (including phenoxy) is 7. The lowest BCUT2D eigenvalue weighted by molar-refractivity contribution is -0.158. The van der Waals surface area contributed by atoms with Gasteiger partial charge in [0.25, 0.3) is 0 Å². The molecule has 10 nitrogen and oxygen atoms in total. The second-order valence-corrected chi connectivity index (χ2v) is 19.0. The maximum Gasteiger partial charge on any atom is 0.344 e. The standard InChI is InChI=1S/C45H46I2O10/c1-43(2,3)55-36(48)22-51-28-12-14-30-25(18-28)10-16-34-40(30)39(27-20-32(46)42(33(47)21-27)53-24-38(50)57-45(7,8)9)41-31-15-13-29(19-26(31)11-17-35(41)54-34)52-23-37(49)56-44(4,5)6/h10-21,39H,22-24H2,1-9H3. The summed E-state index contributed by atoms with van der Waals surface area (Å²) in [5, 5.41) is 3.68. The summed E-state index contributed by atoms with van der Waals surface area (Å²) in [6.07, 6.45) is 0. The molecule has 0 aromatic heterocycles. The number of halogens is 2. The highest BCUT2D eigenvalue weighted by atomic mass is 127. The van der Waals surface area contributed by atoms with Gasteiger partial charge >= 0.3 is 17.9 Å². The van der Waals surface area contributed by atoms with E-state index in [2.05, 4.69) is 57.3 Å². The fourth-order valence-electron chi connectivity index (χ4n) is 6.59. The molecule has 1 aliphatic rings. The molecule has 0 unspecified atom stereocenters. The first kappa shape index (κ1) is 42.3. The van der Waals surface area contributed by atoms with Crippen LogP contribution in [0.1, 0.15) is 84.9 Å². The van der Waals surface area contributed by atoms with Crippen molar-refractivity contribution in [3.8, 4) is 28.7 Å². The number of rotatable bonds is 10. The Balaban J connectivity index is 1.43. The number of carbonyl (C=O) groups is 3. The molecule has 0 radical (unpaired) electrons. The SMILES string of the molecule is CC(C)(C)OC(=O)COc1ccc2c3c(ccc2c1)Oc1ccc2cc(OCC(=O)OC(C)(C)C)ccc2c1C3c1cc(I)c(OCC(=O)OC(C)(C)C)c(I)c1. The summed E-state index contributed by atoms with van der Waals surface area (Å²) in [7, 11) is 0. The third-order valence-corrected chi connectivity index (χ3v) is 10.0. The smallest absolute Gasteiger partial charge is 0.344 e. The van der Waals surface area contributed by atoms with Crippen molar-refractivity contribution in [3.05, 3.63) is 96.6 Å². The zero-order valence-corrected chi connectivity index (χ0v) is 37.8. The van der Waals surface area contributed by atoms with E-state index >= 15 is 0 Å². The van der Waals surface area contributed by atoms with E-state index < -0.39 is 34.7 Å². The molecule has 1 aliphatic heterocycles. The molecule has 0 spiro atoms. The molecule has 5 aromatic rings. The van der Waals surface area contributed by atoms with Crippen LogP contribution in [0.4, 0.5) is 0 Å². The normalized spacial score (nSPS) is 13.0. The first-order chi connectivity index (χ1) is 26.6.